The van der Waals surface area contributed by atoms with Crippen LogP contribution in [0.4, 0.5) is 5.69 Å². The highest BCUT2D eigenvalue weighted by molar-refractivity contribution is 6.06. The molecule has 0 spiro atoms. The maximum atomic E-state index is 13.2. The number of carbonyl (C=O) groups is 1. The zero-order chi connectivity index (χ0) is 21.3. The maximum absolute atomic E-state index is 13.2. The second-order valence-corrected chi connectivity index (χ2v) is 7.16. The van der Waals surface area contributed by atoms with E-state index in [9.17, 15) is 9.59 Å². The van der Waals surface area contributed by atoms with Crippen molar-refractivity contribution in [2.24, 2.45) is 5.10 Å². The number of nitrogen functional groups attached to an aromatic ring is 1. The molecular weight excluding hydrogens is 378 g/mol. The van der Waals surface area contributed by atoms with Crippen molar-refractivity contribution in [1.82, 2.24) is 15.0 Å². The lowest BCUT2D eigenvalue weighted by Gasteiger charge is -2.15. The van der Waals surface area contributed by atoms with Crippen LogP contribution in [0.2, 0.25) is 0 Å². The lowest BCUT2D eigenvalue weighted by molar-refractivity contribution is 0.0954. The van der Waals surface area contributed by atoms with Crippen LogP contribution >= 0.6 is 0 Å². The van der Waals surface area contributed by atoms with E-state index < -0.39 is 11.5 Å². The summed E-state index contributed by atoms with van der Waals surface area (Å²) in [6.45, 7) is 2.71. The number of aromatic nitrogens is 2. The van der Waals surface area contributed by atoms with Crippen molar-refractivity contribution in [3.8, 4) is 0 Å². The van der Waals surface area contributed by atoms with Crippen LogP contribution in [0, 0.1) is 0 Å². The van der Waals surface area contributed by atoms with E-state index in [2.05, 4.69) is 22.4 Å². The Morgan fingerprint density at radius 1 is 1.17 bits per heavy atom. The molecule has 0 aliphatic rings. The number of para-hydroxylation sites is 1. The molecule has 3 N–H and O–H groups in total. The molecule has 156 valence electrons. The topological polar surface area (TPSA) is 102 Å². The van der Waals surface area contributed by atoms with Crippen LogP contribution in [0.5, 0.6) is 0 Å². The van der Waals surface area contributed by atoms with Crippen LogP contribution in [0.25, 0.3) is 10.9 Å². The van der Waals surface area contributed by atoms with Gasteiger partial charge in [-0.05, 0) is 18.6 Å². The number of rotatable bonds is 9. The number of nitrogens with zero attached hydrogens (tertiary/aromatic N) is 3. The number of nitrogens with one attached hydrogen (secondary N) is 1. The lowest BCUT2D eigenvalue weighted by atomic mass is 10.1. The van der Waals surface area contributed by atoms with Gasteiger partial charge in [-0.3, -0.25) is 14.6 Å². The molecule has 2 heterocycles. The van der Waals surface area contributed by atoms with Gasteiger partial charge in [0.1, 0.15) is 5.56 Å². The van der Waals surface area contributed by atoms with Gasteiger partial charge < -0.3 is 10.3 Å². The zero-order valence-electron chi connectivity index (χ0n) is 17.2. The van der Waals surface area contributed by atoms with Crippen molar-refractivity contribution in [1.29, 1.82) is 0 Å². The molecule has 3 rings (SSSR count). The van der Waals surface area contributed by atoms with E-state index in [1.54, 1.807) is 29.1 Å². The van der Waals surface area contributed by atoms with E-state index in [-0.39, 0.29) is 11.3 Å². The average molecular weight is 406 g/mol. The molecule has 0 aliphatic heterocycles. The highest BCUT2D eigenvalue weighted by Gasteiger charge is 2.20. The number of aryl methyl sites for hydroxylation is 1. The number of hydrogen-bond acceptors (Lipinski definition) is 5. The summed E-state index contributed by atoms with van der Waals surface area (Å²) in [5, 5.41) is 4.62. The second-order valence-electron chi connectivity index (χ2n) is 7.16. The first-order chi connectivity index (χ1) is 14.6. The Bertz CT molecular complexity index is 1090. The minimum absolute atomic E-state index is 0.0782. The molecule has 30 heavy (non-hydrogen) atoms. The number of carbonyl (C=O) groups excluding carboxylic acids is 1. The fraction of sp³-hybridized carbons (Fsp3) is 0.304. The number of nitrogens with two attached hydrogens (primary N) is 1. The minimum Gasteiger partial charge on any atom is -0.397 e. The van der Waals surface area contributed by atoms with Crippen LogP contribution in [0.15, 0.2) is 58.7 Å². The van der Waals surface area contributed by atoms with E-state index >= 15 is 0 Å². The molecule has 0 saturated carbocycles. The number of benzene rings is 1. The fourth-order valence-corrected chi connectivity index (χ4v) is 3.42. The number of hydrogen-bond donors (Lipinski definition) is 2. The second kappa shape index (κ2) is 10.3. The Hall–Kier alpha value is -3.48. The van der Waals surface area contributed by atoms with Crippen LogP contribution in [0.1, 0.15) is 54.9 Å². The molecule has 0 atom stereocenters. The third-order valence-electron chi connectivity index (χ3n) is 4.99. The van der Waals surface area contributed by atoms with E-state index in [0.717, 1.165) is 36.8 Å². The van der Waals surface area contributed by atoms with E-state index in [1.807, 2.05) is 24.3 Å². The largest absolute Gasteiger partial charge is 0.397 e. The lowest BCUT2D eigenvalue weighted by Crippen LogP contribution is -2.33. The Labute approximate surface area is 175 Å². The first-order valence-corrected chi connectivity index (χ1v) is 10.3. The van der Waals surface area contributed by atoms with Gasteiger partial charge in [0, 0.05) is 29.9 Å². The molecule has 1 aromatic carbocycles. The Morgan fingerprint density at radius 3 is 2.73 bits per heavy atom. The molecule has 7 nitrogen and oxygen atoms in total. The monoisotopic (exact) mass is 405 g/mol. The quantitative estimate of drug-likeness (QED) is 0.322. The first-order valence-electron chi connectivity index (χ1n) is 10.3. The summed E-state index contributed by atoms with van der Waals surface area (Å²) in [6, 6.07) is 11.0. The number of unbranched alkanes of at least 4 members (excludes halogenated alkanes) is 4. The summed E-state index contributed by atoms with van der Waals surface area (Å²) in [4.78, 5) is 29.9. The molecular formula is C23H27N5O2. The van der Waals surface area contributed by atoms with Crippen LogP contribution in [0.3, 0.4) is 0 Å². The number of hydrazone groups is 1. The van der Waals surface area contributed by atoms with Gasteiger partial charge >= 0.3 is 0 Å². The Balaban J connectivity index is 1.88. The normalized spacial score (nSPS) is 11.2. The van der Waals surface area contributed by atoms with Crippen molar-refractivity contribution in [3.63, 3.8) is 0 Å². The molecule has 0 bridgehead atoms. The summed E-state index contributed by atoms with van der Waals surface area (Å²) in [5.41, 5.74) is 9.82. The van der Waals surface area contributed by atoms with Gasteiger partial charge in [0.15, 0.2) is 0 Å². The molecule has 0 unspecified atom stereocenters. The van der Waals surface area contributed by atoms with Crippen molar-refractivity contribution in [2.75, 3.05) is 5.73 Å². The van der Waals surface area contributed by atoms with Crippen molar-refractivity contribution in [3.05, 3.63) is 70.3 Å². The summed E-state index contributed by atoms with van der Waals surface area (Å²) in [6.07, 6.45) is 10.1. The van der Waals surface area contributed by atoms with E-state index in [4.69, 9.17) is 5.73 Å². The van der Waals surface area contributed by atoms with Crippen molar-refractivity contribution >= 4 is 28.7 Å². The van der Waals surface area contributed by atoms with E-state index in [1.165, 1.54) is 12.6 Å². The SMILES string of the molecule is CCCCCCCn1c(=O)c(C(=O)N/N=C\c2cccnc2)c(N)c2ccccc21. The molecule has 3 aromatic rings. The Kier molecular flexibility index (Phi) is 7.32. The molecule has 0 saturated heterocycles. The smallest absolute Gasteiger partial charge is 0.279 e. The first kappa shape index (κ1) is 21.2. The van der Waals surface area contributed by atoms with Gasteiger partial charge in [0.05, 0.1) is 17.4 Å². The molecule has 0 radical (unpaired) electrons. The number of amides is 1. The number of pyridine rings is 2. The molecule has 2 aromatic heterocycles. The summed E-state index contributed by atoms with van der Waals surface area (Å²) < 4.78 is 1.65. The molecule has 7 heteroatoms. The van der Waals surface area contributed by atoms with Crippen LogP contribution < -0.4 is 16.7 Å². The zero-order valence-corrected chi connectivity index (χ0v) is 17.2. The fourth-order valence-electron chi connectivity index (χ4n) is 3.42. The minimum atomic E-state index is -0.622. The summed E-state index contributed by atoms with van der Waals surface area (Å²) in [7, 11) is 0. The molecule has 1 amide bonds. The Morgan fingerprint density at radius 2 is 1.97 bits per heavy atom. The number of anilines is 1. The van der Waals surface area contributed by atoms with Crippen molar-refractivity contribution in [2.45, 2.75) is 45.6 Å². The van der Waals surface area contributed by atoms with Gasteiger partial charge in [0.2, 0.25) is 0 Å². The van der Waals surface area contributed by atoms with Crippen LogP contribution in [-0.2, 0) is 6.54 Å². The van der Waals surface area contributed by atoms with Gasteiger partial charge in [-0.15, -0.1) is 0 Å². The van der Waals surface area contributed by atoms with Crippen molar-refractivity contribution < 1.29 is 4.79 Å². The van der Waals surface area contributed by atoms with Gasteiger partial charge in [-0.25, -0.2) is 5.43 Å². The highest BCUT2D eigenvalue weighted by atomic mass is 16.2. The van der Waals surface area contributed by atoms with Crippen LogP contribution in [-0.4, -0.2) is 21.7 Å². The van der Waals surface area contributed by atoms with Gasteiger partial charge in [-0.2, -0.15) is 5.10 Å². The highest BCUT2D eigenvalue weighted by Crippen LogP contribution is 2.23. The maximum Gasteiger partial charge on any atom is 0.279 e. The third kappa shape index (κ3) is 4.92. The van der Waals surface area contributed by atoms with E-state index in [0.29, 0.717) is 11.9 Å². The average Bonchev–Trinajstić information content (AvgIpc) is 2.76. The predicted octanol–water partition coefficient (Wildman–Crippen LogP) is 3.71. The molecule has 0 aliphatic carbocycles. The third-order valence-corrected chi connectivity index (χ3v) is 4.99. The standard InChI is InChI=1S/C23H27N5O2/c1-2-3-4-5-8-14-28-19-12-7-6-11-18(19)21(24)20(23(28)30)22(29)27-26-16-17-10-9-13-25-15-17/h6-7,9-13,15-16H,2-5,8,14,24H2,1H3,(H,27,29)/b26-16-. The van der Waals surface area contributed by atoms with Gasteiger partial charge in [-0.1, -0.05) is 56.9 Å². The van der Waals surface area contributed by atoms with Gasteiger partial charge in [0.25, 0.3) is 11.5 Å². The summed E-state index contributed by atoms with van der Waals surface area (Å²) >= 11 is 0. The predicted molar refractivity (Wildman–Crippen MR) is 121 cm³/mol. The summed E-state index contributed by atoms with van der Waals surface area (Å²) in [5.74, 6) is -0.622. The molecule has 0 fully saturated rings. The number of fused-ring (bicyclic) bond motifs is 1.